The van der Waals surface area contributed by atoms with Gasteiger partial charge in [-0.05, 0) is 18.4 Å². The molecule has 2 fully saturated rings. The Morgan fingerprint density at radius 3 is 2.74 bits per heavy atom. The lowest BCUT2D eigenvalue weighted by Gasteiger charge is -2.44. The molecule has 5 nitrogen and oxygen atoms in total. The van der Waals surface area contributed by atoms with E-state index in [9.17, 15) is 9.59 Å². The maximum atomic E-state index is 12.3. The van der Waals surface area contributed by atoms with Crippen LogP contribution >= 0.6 is 0 Å². The fourth-order valence-electron chi connectivity index (χ4n) is 3.57. The van der Waals surface area contributed by atoms with Crippen LogP contribution in [0.2, 0.25) is 0 Å². The van der Waals surface area contributed by atoms with Gasteiger partial charge in [-0.1, -0.05) is 30.3 Å². The van der Waals surface area contributed by atoms with Crippen molar-refractivity contribution >= 4 is 11.8 Å². The SMILES string of the molecule is COC(=O)C1CN2CC(CCC2COCc2ccccc2)C1=O. The van der Waals surface area contributed by atoms with Gasteiger partial charge in [0.25, 0.3) is 0 Å². The number of benzene rings is 1. The number of carbonyl (C=O) groups excluding carboxylic acids is 2. The van der Waals surface area contributed by atoms with Crippen molar-refractivity contribution in [2.45, 2.75) is 25.5 Å². The van der Waals surface area contributed by atoms with Crippen molar-refractivity contribution in [2.75, 3.05) is 26.8 Å². The first-order valence-electron chi connectivity index (χ1n) is 8.16. The number of carbonyl (C=O) groups is 2. The summed E-state index contributed by atoms with van der Waals surface area (Å²) in [6, 6.07) is 10.4. The third-order valence-electron chi connectivity index (χ3n) is 4.89. The lowest BCUT2D eigenvalue weighted by atomic mass is 9.79. The van der Waals surface area contributed by atoms with Crippen LogP contribution in [-0.2, 0) is 25.7 Å². The molecule has 5 heteroatoms. The van der Waals surface area contributed by atoms with Gasteiger partial charge < -0.3 is 9.47 Å². The van der Waals surface area contributed by atoms with Gasteiger partial charge in [0.15, 0.2) is 5.78 Å². The number of ketones is 1. The zero-order valence-electron chi connectivity index (χ0n) is 13.4. The number of Topliss-reactive ketones (excluding diaryl/α,β-unsaturated/α-hetero) is 1. The highest BCUT2D eigenvalue weighted by atomic mass is 16.5. The molecule has 1 aromatic rings. The number of ether oxygens (including phenoxy) is 2. The summed E-state index contributed by atoms with van der Waals surface area (Å²) in [5, 5.41) is 0. The van der Waals surface area contributed by atoms with Gasteiger partial charge in [0.1, 0.15) is 5.92 Å². The van der Waals surface area contributed by atoms with E-state index < -0.39 is 11.9 Å². The van der Waals surface area contributed by atoms with E-state index in [0.717, 1.165) is 24.9 Å². The molecule has 3 rings (SSSR count). The molecule has 2 saturated heterocycles. The minimum absolute atomic E-state index is 0.0294. The average Bonchev–Trinajstić information content (AvgIpc) is 2.60. The Bertz CT molecular complexity index is 559. The molecule has 0 aromatic heterocycles. The molecule has 23 heavy (non-hydrogen) atoms. The normalized spacial score (nSPS) is 30.0. The van der Waals surface area contributed by atoms with Crippen LogP contribution in [0.15, 0.2) is 30.3 Å². The zero-order valence-corrected chi connectivity index (χ0v) is 13.4. The van der Waals surface area contributed by atoms with Crippen molar-refractivity contribution in [3.8, 4) is 0 Å². The summed E-state index contributed by atoms with van der Waals surface area (Å²) in [7, 11) is 1.34. The van der Waals surface area contributed by atoms with Crippen molar-refractivity contribution in [1.29, 1.82) is 0 Å². The van der Waals surface area contributed by atoms with Crippen molar-refractivity contribution in [3.63, 3.8) is 0 Å². The van der Waals surface area contributed by atoms with Gasteiger partial charge in [0.05, 0.1) is 20.3 Å². The Hall–Kier alpha value is -1.72. The van der Waals surface area contributed by atoms with E-state index in [1.807, 2.05) is 30.3 Å². The van der Waals surface area contributed by atoms with Crippen LogP contribution in [0.1, 0.15) is 18.4 Å². The molecule has 4 atom stereocenters. The molecule has 0 saturated carbocycles. The van der Waals surface area contributed by atoms with Crippen LogP contribution in [0.25, 0.3) is 0 Å². The maximum Gasteiger partial charge on any atom is 0.317 e. The van der Waals surface area contributed by atoms with Gasteiger partial charge in [0.2, 0.25) is 0 Å². The van der Waals surface area contributed by atoms with Crippen LogP contribution in [0.4, 0.5) is 0 Å². The Kier molecular flexibility index (Phi) is 5.08. The van der Waals surface area contributed by atoms with Crippen molar-refractivity contribution in [1.82, 2.24) is 4.90 Å². The highest BCUT2D eigenvalue weighted by molar-refractivity contribution is 6.01. The molecule has 2 bridgehead atoms. The predicted molar refractivity (Wildman–Crippen MR) is 84.7 cm³/mol. The molecular formula is C18H23NO4. The molecule has 4 unspecified atom stereocenters. The fraction of sp³-hybridized carbons (Fsp3) is 0.556. The zero-order chi connectivity index (χ0) is 16.2. The summed E-state index contributed by atoms with van der Waals surface area (Å²) in [4.78, 5) is 26.3. The maximum absolute atomic E-state index is 12.3. The molecule has 0 spiro atoms. The van der Waals surface area contributed by atoms with Gasteiger partial charge in [-0.15, -0.1) is 0 Å². The van der Waals surface area contributed by atoms with E-state index in [-0.39, 0.29) is 17.7 Å². The second kappa shape index (κ2) is 7.23. The van der Waals surface area contributed by atoms with Gasteiger partial charge in [-0.3, -0.25) is 14.5 Å². The topological polar surface area (TPSA) is 55.8 Å². The van der Waals surface area contributed by atoms with E-state index >= 15 is 0 Å². The average molecular weight is 317 g/mol. The number of methoxy groups -OCH3 is 1. The first-order valence-corrected chi connectivity index (χ1v) is 8.16. The molecule has 2 aliphatic heterocycles. The largest absolute Gasteiger partial charge is 0.468 e. The number of rotatable bonds is 5. The highest BCUT2D eigenvalue weighted by Gasteiger charge is 2.44. The van der Waals surface area contributed by atoms with E-state index in [1.54, 1.807) is 0 Å². The summed E-state index contributed by atoms with van der Waals surface area (Å²) in [6.07, 6.45) is 1.78. The van der Waals surface area contributed by atoms with Crippen LogP contribution in [0, 0.1) is 11.8 Å². The minimum atomic E-state index is -0.629. The lowest BCUT2D eigenvalue weighted by Crippen LogP contribution is -2.57. The highest BCUT2D eigenvalue weighted by Crippen LogP contribution is 2.31. The number of hydrogen-bond donors (Lipinski definition) is 0. The fourth-order valence-corrected chi connectivity index (χ4v) is 3.57. The first kappa shape index (κ1) is 16.1. The Morgan fingerprint density at radius 2 is 2.00 bits per heavy atom. The summed E-state index contributed by atoms with van der Waals surface area (Å²) in [6.45, 7) is 2.42. The summed E-state index contributed by atoms with van der Waals surface area (Å²) < 4.78 is 10.6. The van der Waals surface area contributed by atoms with Crippen LogP contribution in [0.3, 0.4) is 0 Å². The van der Waals surface area contributed by atoms with Crippen molar-refractivity contribution in [2.24, 2.45) is 11.8 Å². The molecule has 1 aromatic carbocycles. The molecule has 0 radical (unpaired) electrons. The molecular weight excluding hydrogens is 294 g/mol. The second-order valence-electron chi connectivity index (χ2n) is 6.36. The summed E-state index contributed by atoms with van der Waals surface area (Å²) in [5.41, 5.74) is 1.16. The first-order chi connectivity index (χ1) is 11.2. The monoisotopic (exact) mass is 317 g/mol. The Morgan fingerprint density at radius 1 is 1.22 bits per heavy atom. The predicted octanol–water partition coefficient (Wildman–Crippen LogP) is 1.66. The minimum Gasteiger partial charge on any atom is -0.468 e. The lowest BCUT2D eigenvalue weighted by molar-refractivity contribution is -0.156. The number of esters is 1. The van der Waals surface area contributed by atoms with Crippen molar-refractivity contribution < 1.29 is 19.1 Å². The smallest absolute Gasteiger partial charge is 0.317 e. The molecule has 0 N–H and O–H groups in total. The Balaban J connectivity index is 1.55. The van der Waals surface area contributed by atoms with E-state index in [4.69, 9.17) is 9.47 Å². The van der Waals surface area contributed by atoms with E-state index in [1.165, 1.54) is 7.11 Å². The third-order valence-corrected chi connectivity index (χ3v) is 4.89. The summed E-state index contributed by atoms with van der Waals surface area (Å²) >= 11 is 0. The number of nitrogens with zero attached hydrogens (tertiary/aromatic N) is 1. The van der Waals surface area contributed by atoms with Crippen LogP contribution < -0.4 is 0 Å². The van der Waals surface area contributed by atoms with Gasteiger partial charge in [0, 0.05) is 25.0 Å². The van der Waals surface area contributed by atoms with Gasteiger partial charge >= 0.3 is 5.97 Å². The number of fused-ring (bicyclic) bond motifs is 2. The number of piperidine rings is 2. The quantitative estimate of drug-likeness (QED) is 0.610. The Labute approximate surface area is 136 Å². The van der Waals surface area contributed by atoms with Gasteiger partial charge in [-0.2, -0.15) is 0 Å². The second-order valence-corrected chi connectivity index (χ2v) is 6.36. The molecule has 0 aliphatic carbocycles. The van der Waals surface area contributed by atoms with Crippen LogP contribution in [0.5, 0.6) is 0 Å². The standard InChI is InChI=1S/C18H23NO4/c1-22-18(21)16-10-19-9-14(17(16)20)7-8-15(19)12-23-11-13-5-3-2-4-6-13/h2-6,14-16H,7-12H2,1H3. The van der Waals surface area contributed by atoms with Crippen molar-refractivity contribution in [3.05, 3.63) is 35.9 Å². The molecule has 2 heterocycles. The van der Waals surface area contributed by atoms with E-state index in [2.05, 4.69) is 4.90 Å². The third kappa shape index (κ3) is 3.62. The van der Waals surface area contributed by atoms with E-state index in [0.29, 0.717) is 19.8 Å². The van der Waals surface area contributed by atoms with Crippen LogP contribution in [-0.4, -0.2) is 49.5 Å². The summed E-state index contributed by atoms with van der Waals surface area (Å²) in [5.74, 6) is -1.01. The number of hydrogen-bond acceptors (Lipinski definition) is 5. The molecule has 0 amide bonds. The molecule has 2 aliphatic rings. The molecule has 124 valence electrons. The van der Waals surface area contributed by atoms with Gasteiger partial charge in [-0.25, -0.2) is 0 Å².